The van der Waals surface area contributed by atoms with E-state index in [1.165, 1.54) is 0 Å². The minimum atomic E-state index is 0.0372. The third-order valence-corrected chi connectivity index (χ3v) is 8.35. The summed E-state index contributed by atoms with van der Waals surface area (Å²) in [6.45, 7) is 8.64. The molecule has 1 amide bonds. The zero-order valence-electron chi connectivity index (χ0n) is 23.1. The number of carbonyl (C=O) groups excluding carboxylic acids is 1. The van der Waals surface area contributed by atoms with Crippen molar-refractivity contribution in [1.82, 2.24) is 25.0 Å². The topological polar surface area (TPSA) is 75.4 Å². The van der Waals surface area contributed by atoms with Crippen LogP contribution in [0.5, 0.6) is 0 Å². The van der Waals surface area contributed by atoms with Crippen LogP contribution in [0.3, 0.4) is 0 Å². The molecule has 7 nitrogen and oxygen atoms in total. The molecule has 4 aromatic rings. The van der Waals surface area contributed by atoms with Crippen LogP contribution in [-0.4, -0.2) is 57.1 Å². The molecule has 1 aliphatic rings. The standard InChI is InChI=1S/C31H33Cl2N5O2/c1-19(2)38-16-20(3)23(18-37(4)17-21-8-9-27(32)28(33)14-21)15-26-24(6-5-7-25(26)31(38)39)30-36-35-29(40-30)22-10-12-34-13-11-22/h5-14,19-20,23H,15-18H2,1-4H3/t20-,23+/m0/s1. The van der Waals surface area contributed by atoms with E-state index in [1.807, 2.05) is 53.4 Å². The lowest BCUT2D eigenvalue weighted by Crippen LogP contribution is -2.45. The van der Waals surface area contributed by atoms with Crippen LogP contribution in [0.15, 0.2) is 65.3 Å². The lowest BCUT2D eigenvalue weighted by Gasteiger charge is -2.38. The number of amides is 1. The molecule has 0 fully saturated rings. The number of rotatable bonds is 7. The molecule has 3 heterocycles. The third-order valence-electron chi connectivity index (χ3n) is 7.61. The second-order valence-electron chi connectivity index (χ2n) is 10.9. The summed E-state index contributed by atoms with van der Waals surface area (Å²) >= 11 is 12.4. The summed E-state index contributed by atoms with van der Waals surface area (Å²) < 4.78 is 6.14. The molecule has 208 valence electrons. The maximum atomic E-state index is 13.8. The molecule has 0 aliphatic carbocycles. The number of hydrogen-bond donors (Lipinski definition) is 0. The van der Waals surface area contributed by atoms with Crippen molar-refractivity contribution in [1.29, 1.82) is 0 Å². The van der Waals surface area contributed by atoms with Gasteiger partial charge in [0, 0.05) is 54.8 Å². The molecular weight excluding hydrogens is 545 g/mol. The minimum Gasteiger partial charge on any atom is -0.416 e. The van der Waals surface area contributed by atoms with E-state index >= 15 is 0 Å². The minimum absolute atomic E-state index is 0.0372. The van der Waals surface area contributed by atoms with Gasteiger partial charge in [0.2, 0.25) is 11.8 Å². The monoisotopic (exact) mass is 577 g/mol. The molecule has 0 radical (unpaired) electrons. The Balaban J connectivity index is 1.50. The Morgan fingerprint density at radius 2 is 1.75 bits per heavy atom. The van der Waals surface area contributed by atoms with E-state index in [0.717, 1.165) is 35.3 Å². The van der Waals surface area contributed by atoms with E-state index in [2.05, 4.69) is 47.9 Å². The van der Waals surface area contributed by atoms with Gasteiger partial charge in [-0.2, -0.15) is 0 Å². The van der Waals surface area contributed by atoms with Crippen molar-refractivity contribution in [2.75, 3.05) is 20.1 Å². The van der Waals surface area contributed by atoms with Gasteiger partial charge in [0.25, 0.3) is 5.91 Å². The fourth-order valence-corrected chi connectivity index (χ4v) is 5.74. The van der Waals surface area contributed by atoms with Crippen LogP contribution < -0.4 is 0 Å². The van der Waals surface area contributed by atoms with Gasteiger partial charge in [-0.05, 0) is 86.7 Å². The molecule has 2 aromatic carbocycles. The van der Waals surface area contributed by atoms with Crippen molar-refractivity contribution in [2.45, 2.75) is 39.8 Å². The second kappa shape index (κ2) is 12.1. The van der Waals surface area contributed by atoms with Crippen molar-refractivity contribution < 1.29 is 9.21 Å². The molecule has 0 spiro atoms. The number of benzene rings is 2. The summed E-state index contributed by atoms with van der Waals surface area (Å²) in [5, 5.41) is 9.79. The Hall–Kier alpha value is -3.26. The zero-order valence-corrected chi connectivity index (χ0v) is 24.7. The molecule has 0 saturated carbocycles. The summed E-state index contributed by atoms with van der Waals surface area (Å²) in [6, 6.07) is 15.3. The zero-order chi connectivity index (χ0) is 28.4. The molecule has 0 N–H and O–H groups in total. The largest absolute Gasteiger partial charge is 0.416 e. The SMILES string of the molecule is CC(C)N1C[C@H](C)[C@@H](CN(C)Cc2ccc(Cl)c(Cl)c2)Cc2c(cccc2-c2nnc(-c3ccncc3)o2)C1=O. The highest BCUT2D eigenvalue weighted by molar-refractivity contribution is 6.42. The fraction of sp³-hybridized carbons (Fsp3) is 0.355. The molecule has 0 saturated heterocycles. The van der Waals surface area contributed by atoms with E-state index in [0.29, 0.717) is 40.4 Å². The molecule has 40 heavy (non-hydrogen) atoms. The maximum Gasteiger partial charge on any atom is 0.254 e. The smallest absolute Gasteiger partial charge is 0.254 e. The lowest BCUT2D eigenvalue weighted by atomic mass is 9.81. The van der Waals surface area contributed by atoms with E-state index in [-0.39, 0.29) is 23.8 Å². The van der Waals surface area contributed by atoms with Gasteiger partial charge in [-0.1, -0.05) is 42.3 Å². The van der Waals surface area contributed by atoms with Crippen LogP contribution in [0, 0.1) is 11.8 Å². The summed E-state index contributed by atoms with van der Waals surface area (Å²) in [5.74, 6) is 1.39. The van der Waals surface area contributed by atoms with Gasteiger partial charge in [-0.15, -0.1) is 10.2 Å². The first-order chi connectivity index (χ1) is 19.2. The maximum absolute atomic E-state index is 13.8. The Bertz CT molecular complexity index is 1490. The van der Waals surface area contributed by atoms with Crippen molar-refractivity contribution in [3.63, 3.8) is 0 Å². The van der Waals surface area contributed by atoms with Gasteiger partial charge in [0.1, 0.15) is 0 Å². The van der Waals surface area contributed by atoms with E-state index in [4.69, 9.17) is 27.6 Å². The number of fused-ring (bicyclic) bond motifs is 1. The first-order valence-corrected chi connectivity index (χ1v) is 14.3. The van der Waals surface area contributed by atoms with Crippen LogP contribution in [-0.2, 0) is 13.0 Å². The molecular formula is C31H33Cl2N5O2. The molecule has 5 rings (SSSR count). The summed E-state index contributed by atoms with van der Waals surface area (Å²) in [7, 11) is 2.12. The van der Waals surface area contributed by atoms with E-state index in [9.17, 15) is 4.79 Å². The molecule has 2 aromatic heterocycles. The number of carbonyl (C=O) groups is 1. The van der Waals surface area contributed by atoms with Gasteiger partial charge < -0.3 is 14.2 Å². The van der Waals surface area contributed by atoms with Gasteiger partial charge in [-0.25, -0.2) is 0 Å². The molecule has 9 heteroatoms. The average molecular weight is 579 g/mol. The van der Waals surface area contributed by atoms with Crippen molar-refractivity contribution in [3.8, 4) is 22.9 Å². The molecule has 1 aliphatic heterocycles. The normalized spacial score (nSPS) is 17.7. The predicted molar refractivity (Wildman–Crippen MR) is 158 cm³/mol. The Kier molecular flexibility index (Phi) is 8.54. The summed E-state index contributed by atoms with van der Waals surface area (Å²) in [4.78, 5) is 22.2. The van der Waals surface area contributed by atoms with Crippen LogP contribution in [0.2, 0.25) is 10.0 Å². The Morgan fingerprint density at radius 3 is 2.48 bits per heavy atom. The van der Waals surface area contributed by atoms with Crippen molar-refractivity contribution in [3.05, 3.63) is 87.7 Å². The quantitative estimate of drug-likeness (QED) is 0.238. The van der Waals surface area contributed by atoms with E-state index < -0.39 is 0 Å². The summed E-state index contributed by atoms with van der Waals surface area (Å²) in [6.07, 6.45) is 4.09. The van der Waals surface area contributed by atoms with Crippen LogP contribution in [0.1, 0.15) is 42.3 Å². The first kappa shape index (κ1) is 28.3. The Labute approximate surface area is 245 Å². The summed E-state index contributed by atoms with van der Waals surface area (Å²) in [5.41, 5.74) is 4.34. The Morgan fingerprint density at radius 1 is 1.02 bits per heavy atom. The van der Waals surface area contributed by atoms with Gasteiger partial charge in [0.15, 0.2) is 0 Å². The van der Waals surface area contributed by atoms with Crippen LogP contribution >= 0.6 is 23.2 Å². The van der Waals surface area contributed by atoms with Crippen LogP contribution in [0.4, 0.5) is 0 Å². The number of halogens is 2. The highest BCUT2D eigenvalue weighted by Gasteiger charge is 2.33. The third kappa shape index (κ3) is 6.07. The molecule has 2 atom stereocenters. The number of hydrogen-bond acceptors (Lipinski definition) is 6. The molecule has 0 unspecified atom stereocenters. The number of nitrogens with zero attached hydrogens (tertiary/aromatic N) is 5. The van der Waals surface area contributed by atoms with Crippen molar-refractivity contribution in [2.24, 2.45) is 11.8 Å². The fourth-order valence-electron chi connectivity index (χ4n) is 5.42. The highest BCUT2D eigenvalue weighted by Crippen LogP contribution is 2.35. The number of aromatic nitrogens is 3. The number of pyridine rings is 1. The molecule has 0 bridgehead atoms. The first-order valence-electron chi connectivity index (χ1n) is 13.5. The van der Waals surface area contributed by atoms with Crippen LogP contribution in [0.25, 0.3) is 22.9 Å². The van der Waals surface area contributed by atoms with Crippen molar-refractivity contribution >= 4 is 29.1 Å². The highest BCUT2D eigenvalue weighted by atomic mass is 35.5. The average Bonchev–Trinajstić information content (AvgIpc) is 3.43. The van der Waals surface area contributed by atoms with E-state index in [1.54, 1.807) is 12.4 Å². The van der Waals surface area contributed by atoms with Gasteiger partial charge in [-0.3, -0.25) is 9.78 Å². The lowest BCUT2D eigenvalue weighted by molar-refractivity contribution is 0.0622. The second-order valence-corrected chi connectivity index (χ2v) is 11.7. The predicted octanol–water partition coefficient (Wildman–Crippen LogP) is 6.90. The van der Waals surface area contributed by atoms with Gasteiger partial charge >= 0.3 is 0 Å². The van der Waals surface area contributed by atoms with Gasteiger partial charge in [0.05, 0.1) is 10.0 Å².